The highest BCUT2D eigenvalue weighted by Gasteiger charge is 2.01. The van der Waals surface area contributed by atoms with Gasteiger partial charge >= 0.3 is 6.03 Å². The lowest BCUT2D eigenvalue weighted by Gasteiger charge is -2.06. The van der Waals surface area contributed by atoms with Crippen LogP contribution >= 0.6 is 0 Å². The first kappa shape index (κ1) is 11.1. The third-order valence-corrected chi connectivity index (χ3v) is 2.11. The van der Waals surface area contributed by atoms with E-state index in [0.29, 0.717) is 12.4 Å². The molecule has 2 heterocycles. The van der Waals surface area contributed by atoms with Crippen molar-refractivity contribution in [3.63, 3.8) is 0 Å². The number of rotatable bonds is 3. The molecule has 0 radical (unpaired) electrons. The highest BCUT2D eigenvalue weighted by atomic mass is 16.2. The lowest BCUT2D eigenvalue weighted by Crippen LogP contribution is -2.28. The normalized spacial score (nSPS) is 9.65. The maximum absolute atomic E-state index is 11.5. The van der Waals surface area contributed by atoms with Gasteiger partial charge in [0.15, 0.2) is 0 Å². The number of aromatic nitrogens is 2. The van der Waals surface area contributed by atoms with Crippen LogP contribution in [0.25, 0.3) is 0 Å². The molecule has 2 amide bonds. The SMILES string of the molecule is O=C(NCc1ccncc1)Nc1ccccn1. The van der Waals surface area contributed by atoms with Crippen LogP contribution in [0.5, 0.6) is 0 Å². The van der Waals surface area contributed by atoms with Crippen LogP contribution < -0.4 is 10.6 Å². The summed E-state index contributed by atoms with van der Waals surface area (Å²) in [7, 11) is 0. The highest BCUT2D eigenvalue weighted by Crippen LogP contribution is 2.00. The van der Waals surface area contributed by atoms with Crippen LogP contribution in [0.15, 0.2) is 48.9 Å². The summed E-state index contributed by atoms with van der Waals surface area (Å²) >= 11 is 0. The van der Waals surface area contributed by atoms with E-state index in [1.54, 1.807) is 30.7 Å². The fraction of sp³-hybridized carbons (Fsp3) is 0.0833. The molecule has 0 aromatic carbocycles. The van der Waals surface area contributed by atoms with E-state index < -0.39 is 0 Å². The number of nitrogens with zero attached hydrogens (tertiary/aromatic N) is 2. The largest absolute Gasteiger partial charge is 0.334 e. The zero-order valence-corrected chi connectivity index (χ0v) is 9.13. The number of pyridine rings is 2. The zero-order valence-electron chi connectivity index (χ0n) is 9.13. The highest BCUT2D eigenvalue weighted by molar-refractivity contribution is 5.88. The summed E-state index contributed by atoms with van der Waals surface area (Å²) in [6, 6.07) is 8.75. The Hall–Kier alpha value is -2.43. The number of nitrogens with one attached hydrogen (secondary N) is 2. The summed E-state index contributed by atoms with van der Waals surface area (Å²) in [5, 5.41) is 5.36. The summed E-state index contributed by atoms with van der Waals surface area (Å²) in [5.41, 5.74) is 0.996. The molecule has 0 saturated carbocycles. The van der Waals surface area contributed by atoms with Gasteiger partial charge in [-0.25, -0.2) is 9.78 Å². The van der Waals surface area contributed by atoms with Crippen LogP contribution in [0.3, 0.4) is 0 Å². The van der Waals surface area contributed by atoms with E-state index >= 15 is 0 Å². The second-order valence-corrected chi connectivity index (χ2v) is 3.38. The van der Waals surface area contributed by atoms with Gasteiger partial charge in [-0.05, 0) is 29.8 Å². The summed E-state index contributed by atoms with van der Waals surface area (Å²) in [6.45, 7) is 0.460. The Morgan fingerprint density at radius 3 is 2.65 bits per heavy atom. The van der Waals surface area contributed by atoms with E-state index in [9.17, 15) is 4.79 Å². The Kier molecular flexibility index (Phi) is 3.64. The van der Waals surface area contributed by atoms with Crippen LogP contribution in [0, 0.1) is 0 Å². The molecular weight excluding hydrogens is 216 g/mol. The number of hydrogen-bond acceptors (Lipinski definition) is 3. The molecule has 0 saturated heterocycles. The molecule has 0 aliphatic rings. The van der Waals surface area contributed by atoms with Gasteiger partial charge in [-0.15, -0.1) is 0 Å². The molecule has 0 atom stereocenters. The third kappa shape index (κ3) is 3.57. The van der Waals surface area contributed by atoms with E-state index in [0.717, 1.165) is 5.56 Å². The Bertz CT molecular complexity index is 472. The van der Waals surface area contributed by atoms with Gasteiger partial charge in [-0.1, -0.05) is 6.07 Å². The van der Waals surface area contributed by atoms with Gasteiger partial charge in [0.05, 0.1) is 0 Å². The third-order valence-electron chi connectivity index (χ3n) is 2.11. The van der Waals surface area contributed by atoms with Crippen molar-refractivity contribution in [1.82, 2.24) is 15.3 Å². The van der Waals surface area contributed by atoms with Gasteiger partial charge in [-0.2, -0.15) is 0 Å². The fourth-order valence-electron chi connectivity index (χ4n) is 1.28. The van der Waals surface area contributed by atoms with Crippen LogP contribution in [-0.2, 0) is 6.54 Å². The molecule has 2 aromatic heterocycles. The summed E-state index contributed by atoms with van der Waals surface area (Å²) in [4.78, 5) is 19.4. The first-order valence-electron chi connectivity index (χ1n) is 5.19. The minimum absolute atomic E-state index is 0.277. The Morgan fingerprint density at radius 1 is 1.12 bits per heavy atom. The number of urea groups is 1. The maximum atomic E-state index is 11.5. The van der Waals surface area contributed by atoms with E-state index in [1.165, 1.54) is 0 Å². The molecule has 5 heteroatoms. The van der Waals surface area contributed by atoms with E-state index in [4.69, 9.17) is 0 Å². The van der Waals surface area contributed by atoms with Crippen molar-refractivity contribution in [3.8, 4) is 0 Å². The average Bonchev–Trinajstić information content (AvgIpc) is 2.39. The van der Waals surface area contributed by atoms with Crippen molar-refractivity contribution in [1.29, 1.82) is 0 Å². The van der Waals surface area contributed by atoms with Crippen molar-refractivity contribution < 1.29 is 4.79 Å². The molecule has 5 nitrogen and oxygen atoms in total. The van der Waals surface area contributed by atoms with Gasteiger partial charge in [0.1, 0.15) is 5.82 Å². The molecule has 2 aromatic rings. The Morgan fingerprint density at radius 2 is 1.94 bits per heavy atom. The van der Waals surface area contributed by atoms with Gasteiger partial charge < -0.3 is 5.32 Å². The van der Waals surface area contributed by atoms with Crippen LogP contribution in [-0.4, -0.2) is 16.0 Å². The molecule has 86 valence electrons. The van der Waals surface area contributed by atoms with Crippen molar-refractivity contribution in [2.45, 2.75) is 6.54 Å². The number of anilines is 1. The van der Waals surface area contributed by atoms with Crippen LogP contribution in [0.1, 0.15) is 5.56 Å². The van der Waals surface area contributed by atoms with Gasteiger partial charge in [0.25, 0.3) is 0 Å². The fourth-order valence-corrected chi connectivity index (χ4v) is 1.28. The Labute approximate surface area is 98.9 Å². The first-order chi connectivity index (χ1) is 8.34. The Balaban J connectivity index is 1.83. The second-order valence-electron chi connectivity index (χ2n) is 3.38. The first-order valence-corrected chi connectivity index (χ1v) is 5.19. The topological polar surface area (TPSA) is 66.9 Å². The minimum Gasteiger partial charge on any atom is -0.334 e. The molecule has 0 unspecified atom stereocenters. The molecule has 2 N–H and O–H groups in total. The minimum atomic E-state index is -0.277. The molecule has 0 spiro atoms. The summed E-state index contributed by atoms with van der Waals surface area (Å²) in [6.07, 6.45) is 5.00. The summed E-state index contributed by atoms with van der Waals surface area (Å²) < 4.78 is 0. The predicted octanol–water partition coefficient (Wildman–Crippen LogP) is 1.80. The number of amides is 2. The van der Waals surface area contributed by atoms with E-state index in [2.05, 4.69) is 20.6 Å². The molecular formula is C12H12N4O. The predicted molar refractivity (Wildman–Crippen MR) is 64.3 cm³/mol. The van der Waals surface area contributed by atoms with Crippen molar-refractivity contribution in [2.75, 3.05) is 5.32 Å². The van der Waals surface area contributed by atoms with Crippen LogP contribution in [0.4, 0.5) is 10.6 Å². The standard InChI is InChI=1S/C12H12N4O/c17-12(16-11-3-1-2-6-14-11)15-9-10-4-7-13-8-5-10/h1-8H,9H2,(H2,14,15,16,17). The van der Waals surface area contributed by atoms with Gasteiger partial charge in [0.2, 0.25) is 0 Å². The van der Waals surface area contributed by atoms with Crippen LogP contribution in [0.2, 0.25) is 0 Å². The van der Waals surface area contributed by atoms with Gasteiger partial charge in [0, 0.05) is 25.1 Å². The van der Waals surface area contributed by atoms with Gasteiger partial charge in [-0.3, -0.25) is 10.3 Å². The average molecular weight is 228 g/mol. The molecule has 0 fully saturated rings. The number of carbonyl (C=O) groups is 1. The van der Waals surface area contributed by atoms with Crippen molar-refractivity contribution in [2.24, 2.45) is 0 Å². The quantitative estimate of drug-likeness (QED) is 0.841. The number of carbonyl (C=O) groups excluding carboxylic acids is 1. The molecule has 17 heavy (non-hydrogen) atoms. The lowest BCUT2D eigenvalue weighted by molar-refractivity contribution is 0.251. The van der Waals surface area contributed by atoms with Crippen molar-refractivity contribution in [3.05, 3.63) is 54.5 Å². The summed E-state index contributed by atoms with van der Waals surface area (Å²) in [5.74, 6) is 0.528. The molecule has 0 aliphatic heterocycles. The van der Waals surface area contributed by atoms with E-state index in [1.807, 2.05) is 18.2 Å². The smallest absolute Gasteiger partial charge is 0.320 e. The second kappa shape index (κ2) is 5.60. The monoisotopic (exact) mass is 228 g/mol. The van der Waals surface area contributed by atoms with Crippen molar-refractivity contribution >= 4 is 11.8 Å². The molecule has 2 rings (SSSR count). The molecule has 0 bridgehead atoms. The maximum Gasteiger partial charge on any atom is 0.320 e. The zero-order chi connectivity index (χ0) is 11.9. The number of hydrogen-bond donors (Lipinski definition) is 2. The molecule has 0 aliphatic carbocycles. The lowest BCUT2D eigenvalue weighted by atomic mass is 10.3. The van der Waals surface area contributed by atoms with E-state index in [-0.39, 0.29) is 6.03 Å².